The maximum absolute atomic E-state index is 10.8. The van der Waals surface area contributed by atoms with Gasteiger partial charge in [-0.05, 0) is 37.9 Å². The van der Waals surface area contributed by atoms with Crippen molar-refractivity contribution in [2.45, 2.75) is 12.8 Å². The third kappa shape index (κ3) is 3.57. The molecule has 104 valence electrons. The first-order valence-corrected chi connectivity index (χ1v) is 6.47. The fraction of sp³-hybridized carbons (Fsp3) is 0.538. The van der Waals surface area contributed by atoms with Gasteiger partial charge in [0.25, 0.3) is 0 Å². The number of hydrogen-bond donors (Lipinski definition) is 2. The van der Waals surface area contributed by atoms with E-state index in [-0.39, 0.29) is 5.69 Å². The van der Waals surface area contributed by atoms with E-state index in [9.17, 15) is 10.1 Å². The maximum Gasteiger partial charge on any atom is 0.311 e. The largest absolute Gasteiger partial charge is 0.490 e. The molecule has 2 N–H and O–H groups in total. The van der Waals surface area contributed by atoms with Crippen molar-refractivity contribution in [3.05, 3.63) is 28.3 Å². The van der Waals surface area contributed by atoms with E-state index in [2.05, 4.69) is 10.6 Å². The molecule has 6 heteroatoms. The maximum atomic E-state index is 10.8. The van der Waals surface area contributed by atoms with Crippen LogP contribution in [0.25, 0.3) is 0 Å². The second kappa shape index (κ2) is 6.38. The van der Waals surface area contributed by atoms with Gasteiger partial charge < -0.3 is 15.4 Å². The van der Waals surface area contributed by atoms with E-state index in [4.69, 9.17) is 4.74 Å². The number of nitro benzene ring substituents is 1. The minimum Gasteiger partial charge on any atom is -0.490 e. The van der Waals surface area contributed by atoms with Crippen molar-refractivity contribution in [2.24, 2.45) is 5.92 Å². The minimum absolute atomic E-state index is 0.00471. The molecule has 1 aromatic carbocycles. The van der Waals surface area contributed by atoms with Crippen LogP contribution in [0.2, 0.25) is 0 Å². The van der Waals surface area contributed by atoms with E-state index in [1.807, 2.05) is 0 Å². The highest BCUT2D eigenvalue weighted by molar-refractivity contribution is 5.57. The number of rotatable bonds is 5. The third-order valence-corrected chi connectivity index (χ3v) is 3.43. The summed E-state index contributed by atoms with van der Waals surface area (Å²) in [7, 11) is 1.44. The zero-order valence-corrected chi connectivity index (χ0v) is 11.0. The van der Waals surface area contributed by atoms with Gasteiger partial charge in [0.15, 0.2) is 5.75 Å². The van der Waals surface area contributed by atoms with Crippen molar-refractivity contribution in [3.63, 3.8) is 0 Å². The Morgan fingerprint density at radius 1 is 1.47 bits per heavy atom. The molecule has 1 saturated heterocycles. The monoisotopic (exact) mass is 265 g/mol. The Morgan fingerprint density at radius 3 is 2.84 bits per heavy atom. The molecule has 0 aromatic heterocycles. The second-order valence-electron chi connectivity index (χ2n) is 4.72. The number of anilines is 1. The number of benzene rings is 1. The third-order valence-electron chi connectivity index (χ3n) is 3.43. The summed E-state index contributed by atoms with van der Waals surface area (Å²) >= 11 is 0. The van der Waals surface area contributed by atoms with Crippen LogP contribution in [-0.2, 0) is 0 Å². The Bertz CT molecular complexity index is 445. The predicted octanol–water partition coefficient (Wildman–Crippen LogP) is 2.01. The number of methoxy groups -OCH3 is 1. The van der Waals surface area contributed by atoms with Gasteiger partial charge in [-0.1, -0.05) is 0 Å². The van der Waals surface area contributed by atoms with Gasteiger partial charge >= 0.3 is 5.69 Å². The summed E-state index contributed by atoms with van der Waals surface area (Å²) < 4.78 is 5.05. The molecule has 6 nitrogen and oxygen atoms in total. The highest BCUT2D eigenvalue weighted by Crippen LogP contribution is 2.29. The van der Waals surface area contributed by atoms with E-state index in [1.165, 1.54) is 13.2 Å². The first-order chi connectivity index (χ1) is 9.20. The molecule has 0 amide bonds. The number of nitrogens with zero attached hydrogens (tertiary/aromatic N) is 1. The molecule has 1 aromatic rings. The molecule has 0 atom stereocenters. The molecule has 1 heterocycles. The average Bonchev–Trinajstić information content (AvgIpc) is 2.45. The van der Waals surface area contributed by atoms with Crippen LogP contribution in [-0.4, -0.2) is 31.7 Å². The molecule has 0 saturated carbocycles. The van der Waals surface area contributed by atoms with Gasteiger partial charge in [0.05, 0.1) is 12.0 Å². The Hall–Kier alpha value is -1.82. The van der Waals surface area contributed by atoms with Gasteiger partial charge in [-0.25, -0.2) is 0 Å². The van der Waals surface area contributed by atoms with Crippen molar-refractivity contribution in [3.8, 4) is 5.75 Å². The molecular formula is C13H19N3O3. The lowest BCUT2D eigenvalue weighted by Gasteiger charge is -2.23. The molecule has 1 fully saturated rings. The first-order valence-electron chi connectivity index (χ1n) is 6.47. The Labute approximate surface area is 112 Å². The lowest BCUT2D eigenvalue weighted by molar-refractivity contribution is -0.385. The van der Waals surface area contributed by atoms with Crippen LogP contribution < -0.4 is 15.4 Å². The second-order valence-corrected chi connectivity index (χ2v) is 4.72. The molecule has 2 rings (SSSR count). The first kappa shape index (κ1) is 13.6. The van der Waals surface area contributed by atoms with Crippen molar-refractivity contribution in [1.29, 1.82) is 0 Å². The predicted molar refractivity (Wildman–Crippen MR) is 73.7 cm³/mol. The quantitative estimate of drug-likeness (QED) is 0.629. The van der Waals surface area contributed by atoms with E-state index >= 15 is 0 Å². The number of nitrogens with one attached hydrogen (secondary N) is 2. The summed E-state index contributed by atoms with van der Waals surface area (Å²) in [6.45, 7) is 3.02. The fourth-order valence-electron chi connectivity index (χ4n) is 2.29. The van der Waals surface area contributed by atoms with Crippen LogP contribution in [0.5, 0.6) is 5.75 Å². The Morgan fingerprint density at radius 2 is 2.21 bits per heavy atom. The van der Waals surface area contributed by atoms with Crippen LogP contribution in [0.15, 0.2) is 18.2 Å². The lowest BCUT2D eigenvalue weighted by Crippen LogP contribution is -2.31. The van der Waals surface area contributed by atoms with Crippen LogP contribution in [0, 0.1) is 16.0 Å². The summed E-state index contributed by atoms with van der Waals surface area (Å²) in [5, 5.41) is 17.4. The molecule has 0 unspecified atom stereocenters. The minimum atomic E-state index is -0.435. The molecule has 0 bridgehead atoms. The Kier molecular flexibility index (Phi) is 4.57. The van der Waals surface area contributed by atoms with Gasteiger partial charge in [0.2, 0.25) is 0 Å². The highest BCUT2D eigenvalue weighted by atomic mass is 16.6. The summed E-state index contributed by atoms with van der Waals surface area (Å²) in [6, 6.07) is 4.88. The zero-order chi connectivity index (χ0) is 13.7. The molecule has 0 aliphatic carbocycles. The standard InChI is InChI=1S/C13H19N3O3/c1-19-13-8-11(2-3-12(13)16(17)18)15-9-10-4-6-14-7-5-10/h2-3,8,10,14-15H,4-7,9H2,1H3. The van der Waals surface area contributed by atoms with Crippen LogP contribution in [0.1, 0.15) is 12.8 Å². The van der Waals surface area contributed by atoms with Crippen LogP contribution >= 0.6 is 0 Å². The van der Waals surface area contributed by atoms with Gasteiger partial charge in [-0.15, -0.1) is 0 Å². The van der Waals surface area contributed by atoms with Gasteiger partial charge in [-0.2, -0.15) is 0 Å². The van der Waals surface area contributed by atoms with Crippen LogP contribution in [0.3, 0.4) is 0 Å². The summed E-state index contributed by atoms with van der Waals surface area (Å²) in [5.41, 5.74) is 0.857. The summed E-state index contributed by atoms with van der Waals surface area (Å²) in [4.78, 5) is 10.4. The Balaban J connectivity index is 1.98. The van der Waals surface area contributed by atoms with Crippen molar-refractivity contribution < 1.29 is 9.66 Å². The molecule has 1 aliphatic rings. The lowest BCUT2D eigenvalue weighted by atomic mass is 9.98. The van der Waals surface area contributed by atoms with E-state index in [0.29, 0.717) is 11.7 Å². The van der Waals surface area contributed by atoms with Crippen molar-refractivity contribution in [2.75, 3.05) is 32.1 Å². The van der Waals surface area contributed by atoms with Crippen molar-refractivity contribution >= 4 is 11.4 Å². The topological polar surface area (TPSA) is 76.4 Å². The smallest absolute Gasteiger partial charge is 0.311 e. The number of ether oxygens (including phenoxy) is 1. The van der Waals surface area contributed by atoms with Gasteiger partial charge in [0.1, 0.15) is 0 Å². The van der Waals surface area contributed by atoms with Crippen molar-refractivity contribution in [1.82, 2.24) is 5.32 Å². The van der Waals surface area contributed by atoms with E-state index in [1.54, 1.807) is 12.1 Å². The molecule has 1 aliphatic heterocycles. The van der Waals surface area contributed by atoms with E-state index in [0.717, 1.165) is 38.2 Å². The highest BCUT2D eigenvalue weighted by Gasteiger charge is 2.16. The summed E-state index contributed by atoms with van der Waals surface area (Å²) in [5.74, 6) is 0.947. The van der Waals surface area contributed by atoms with E-state index < -0.39 is 4.92 Å². The molecule has 0 spiro atoms. The summed E-state index contributed by atoms with van der Waals surface area (Å²) in [6.07, 6.45) is 2.33. The normalized spacial score (nSPS) is 16.1. The van der Waals surface area contributed by atoms with Crippen LogP contribution in [0.4, 0.5) is 11.4 Å². The average molecular weight is 265 g/mol. The fourth-order valence-corrected chi connectivity index (χ4v) is 2.29. The molecular weight excluding hydrogens is 246 g/mol. The number of nitro groups is 1. The molecule has 0 radical (unpaired) electrons. The molecule has 19 heavy (non-hydrogen) atoms. The SMILES string of the molecule is COc1cc(NCC2CCNCC2)ccc1[N+](=O)[O-]. The number of piperidine rings is 1. The van der Waals surface area contributed by atoms with Gasteiger partial charge in [0, 0.05) is 24.4 Å². The van der Waals surface area contributed by atoms with Gasteiger partial charge in [-0.3, -0.25) is 10.1 Å². The zero-order valence-electron chi connectivity index (χ0n) is 11.0. The number of hydrogen-bond acceptors (Lipinski definition) is 5.